The van der Waals surface area contributed by atoms with Crippen molar-refractivity contribution in [2.75, 3.05) is 52.5 Å². The standard InChI is InChI=1S/C14H29N3O/c1-2-13-3-4-17(14(11-13)12-15)6-5-16-7-9-18-10-8-16/h13-14H,2-12,15H2,1H3. The SMILES string of the molecule is CCC1CCN(CCN2CCOCC2)C(CN)C1. The molecule has 0 aromatic carbocycles. The summed E-state index contributed by atoms with van der Waals surface area (Å²) in [4.78, 5) is 5.13. The van der Waals surface area contributed by atoms with Gasteiger partial charge in [-0.2, -0.15) is 0 Å². The van der Waals surface area contributed by atoms with Gasteiger partial charge in [0.1, 0.15) is 0 Å². The van der Waals surface area contributed by atoms with Gasteiger partial charge in [0.25, 0.3) is 0 Å². The smallest absolute Gasteiger partial charge is 0.0594 e. The van der Waals surface area contributed by atoms with Crippen molar-refractivity contribution < 1.29 is 4.74 Å². The van der Waals surface area contributed by atoms with Gasteiger partial charge < -0.3 is 10.5 Å². The molecule has 0 spiro atoms. The lowest BCUT2D eigenvalue weighted by Crippen LogP contribution is -2.50. The van der Waals surface area contributed by atoms with Gasteiger partial charge in [0.2, 0.25) is 0 Å². The second-order valence-electron chi connectivity index (χ2n) is 5.68. The second kappa shape index (κ2) is 7.43. The summed E-state index contributed by atoms with van der Waals surface area (Å²) in [6.07, 6.45) is 3.97. The summed E-state index contributed by atoms with van der Waals surface area (Å²) < 4.78 is 5.39. The lowest BCUT2D eigenvalue weighted by atomic mass is 9.89. The minimum atomic E-state index is 0.616. The number of nitrogens with zero attached hydrogens (tertiary/aromatic N) is 2. The average molecular weight is 255 g/mol. The normalized spacial score (nSPS) is 31.7. The molecule has 4 heteroatoms. The first-order chi connectivity index (χ1) is 8.83. The van der Waals surface area contributed by atoms with E-state index >= 15 is 0 Å². The number of hydrogen-bond donors (Lipinski definition) is 1. The number of ether oxygens (including phenoxy) is 1. The van der Waals surface area contributed by atoms with Gasteiger partial charge in [-0.05, 0) is 25.3 Å². The largest absolute Gasteiger partial charge is 0.379 e. The lowest BCUT2D eigenvalue weighted by molar-refractivity contribution is 0.0261. The van der Waals surface area contributed by atoms with Crippen LogP contribution in [0.15, 0.2) is 0 Å². The highest BCUT2D eigenvalue weighted by molar-refractivity contribution is 4.82. The summed E-state index contributed by atoms with van der Waals surface area (Å²) >= 11 is 0. The Bertz CT molecular complexity index is 231. The molecule has 4 nitrogen and oxygen atoms in total. The number of piperidine rings is 1. The van der Waals surface area contributed by atoms with Gasteiger partial charge in [0.05, 0.1) is 13.2 Å². The monoisotopic (exact) mass is 255 g/mol. The molecule has 0 aliphatic carbocycles. The Kier molecular flexibility index (Phi) is 5.89. The molecule has 2 aliphatic heterocycles. The van der Waals surface area contributed by atoms with Gasteiger partial charge >= 0.3 is 0 Å². The van der Waals surface area contributed by atoms with Crippen LogP contribution in [-0.4, -0.2) is 68.3 Å². The summed E-state index contributed by atoms with van der Waals surface area (Å²) in [7, 11) is 0. The van der Waals surface area contributed by atoms with E-state index in [9.17, 15) is 0 Å². The number of hydrogen-bond acceptors (Lipinski definition) is 4. The van der Waals surface area contributed by atoms with Crippen molar-refractivity contribution in [3.05, 3.63) is 0 Å². The van der Waals surface area contributed by atoms with E-state index in [-0.39, 0.29) is 0 Å². The molecule has 0 radical (unpaired) electrons. The lowest BCUT2D eigenvalue weighted by Gasteiger charge is -2.40. The maximum Gasteiger partial charge on any atom is 0.0594 e. The van der Waals surface area contributed by atoms with Crippen molar-refractivity contribution in [2.24, 2.45) is 11.7 Å². The molecule has 2 atom stereocenters. The number of likely N-dealkylation sites (tertiary alicyclic amines) is 1. The third kappa shape index (κ3) is 3.92. The molecule has 2 rings (SSSR count). The number of morpholine rings is 1. The Morgan fingerprint density at radius 2 is 1.94 bits per heavy atom. The van der Waals surface area contributed by atoms with Crippen LogP contribution < -0.4 is 5.73 Å². The summed E-state index contributed by atoms with van der Waals surface area (Å²) in [6, 6.07) is 0.616. The van der Waals surface area contributed by atoms with Gasteiger partial charge in [0, 0.05) is 38.8 Å². The van der Waals surface area contributed by atoms with Gasteiger partial charge in [-0.15, -0.1) is 0 Å². The molecule has 2 N–H and O–H groups in total. The van der Waals surface area contributed by atoms with Gasteiger partial charge in [0.15, 0.2) is 0 Å². The average Bonchev–Trinajstić information content (AvgIpc) is 2.46. The zero-order valence-corrected chi connectivity index (χ0v) is 11.8. The van der Waals surface area contributed by atoms with Crippen LogP contribution in [0.5, 0.6) is 0 Å². The van der Waals surface area contributed by atoms with Gasteiger partial charge in [-0.1, -0.05) is 13.3 Å². The fraction of sp³-hybridized carbons (Fsp3) is 1.00. The second-order valence-corrected chi connectivity index (χ2v) is 5.68. The first-order valence-electron chi connectivity index (χ1n) is 7.57. The van der Waals surface area contributed by atoms with Crippen LogP contribution in [-0.2, 0) is 4.74 Å². The van der Waals surface area contributed by atoms with E-state index in [1.807, 2.05) is 0 Å². The van der Waals surface area contributed by atoms with E-state index in [1.54, 1.807) is 0 Å². The highest BCUT2D eigenvalue weighted by Gasteiger charge is 2.26. The van der Waals surface area contributed by atoms with Crippen LogP contribution in [0.25, 0.3) is 0 Å². The van der Waals surface area contributed by atoms with Gasteiger partial charge in [-0.25, -0.2) is 0 Å². The predicted octanol–water partition coefficient (Wildman–Crippen LogP) is 0.768. The summed E-state index contributed by atoms with van der Waals surface area (Å²) in [5.41, 5.74) is 5.94. The molecule has 0 bridgehead atoms. The van der Waals surface area contributed by atoms with Crippen LogP contribution in [0.4, 0.5) is 0 Å². The molecule has 0 amide bonds. The topological polar surface area (TPSA) is 41.7 Å². The first kappa shape index (κ1) is 14.3. The van der Waals surface area contributed by atoms with E-state index in [2.05, 4.69) is 16.7 Å². The molecule has 2 fully saturated rings. The Morgan fingerprint density at radius 1 is 1.17 bits per heavy atom. The van der Waals surface area contributed by atoms with Crippen LogP contribution in [0.2, 0.25) is 0 Å². The fourth-order valence-corrected chi connectivity index (χ4v) is 3.19. The summed E-state index contributed by atoms with van der Waals surface area (Å²) in [5, 5.41) is 0. The summed E-state index contributed by atoms with van der Waals surface area (Å²) in [5.74, 6) is 0.901. The van der Waals surface area contributed by atoms with Crippen LogP contribution in [0, 0.1) is 5.92 Å². The quantitative estimate of drug-likeness (QED) is 0.788. The molecule has 0 aromatic heterocycles. The highest BCUT2D eigenvalue weighted by atomic mass is 16.5. The Morgan fingerprint density at radius 3 is 2.61 bits per heavy atom. The zero-order valence-electron chi connectivity index (χ0n) is 11.8. The van der Waals surface area contributed by atoms with Crippen molar-refractivity contribution in [3.63, 3.8) is 0 Å². The maximum atomic E-state index is 5.94. The number of rotatable bonds is 5. The predicted molar refractivity (Wildman–Crippen MR) is 74.7 cm³/mol. The minimum Gasteiger partial charge on any atom is -0.379 e. The number of nitrogens with two attached hydrogens (primary N) is 1. The molecule has 2 unspecified atom stereocenters. The molecular weight excluding hydrogens is 226 g/mol. The van der Waals surface area contributed by atoms with E-state index in [0.29, 0.717) is 6.04 Å². The third-order valence-corrected chi connectivity index (χ3v) is 4.60. The molecular formula is C14H29N3O. The van der Waals surface area contributed by atoms with Crippen molar-refractivity contribution in [2.45, 2.75) is 32.2 Å². The van der Waals surface area contributed by atoms with Crippen molar-refractivity contribution >= 4 is 0 Å². The molecule has 2 saturated heterocycles. The Balaban J connectivity index is 1.73. The van der Waals surface area contributed by atoms with Gasteiger partial charge in [-0.3, -0.25) is 9.80 Å². The van der Waals surface area contributed by atoms with Crippen molar-refractivity contribution in [1.82, 2.24) is 9.80 Å². The van der Waals surface area contributed by atoms with Crippen LogP contribution in [0.1, 0.15) is 26.2 Å². The third-order valence-electron chi connectivity index (χ3n) is 4.60. The van der Waals surface area contributed by atoms with Crippen molar-refractivity contribution in [3.8, 4) is 0 Å². The van der Waals surface area contributed by atoms with E-state index < -0.39 is 0 Å². The van der Waals surface area contributed by atoms with Crippen molar-refractivity contribution in [1.29, 1.82) is 0 Å². The molecule has 0 aromatic rings. The first-order valence-corrected chi connectivity index (χ1v) is 7.57. The molecule has 0 saturated carbocycles. The maximum absolute atomic E-state index is 5.94. The van der Waals surface area contributed by atoms with E-state index in [4.69, 9.17) is 10.5 Å². The molecule has 106 valence electrons. The minimum absolute atomic E-state index is 0.616. The Hall–Kier alpha value is -0.160. The van der Waals surface area contributed by atoms with Crippen LogP contribution in [0.3, 0.4) is 0 Å². The molecule has 2 heterocycles. The Labute approximate surface area is 111 Å². The zero-order chi connectivity index (χ0) is 12.8. The molecule has 2 aliphatic rings. The molecule has 18 heavy (non-hydrogen) atoms. The summed E-state index contributed by atoms with van der Waals surface area (Å²) in [6.45, 7) is 10.7. The van der Waals surface area contributed by atoms with Crippen LogP contribution >= 0.6 is 0 Å². The van der Waals surface area contributed by atoms with E-state index in [0.717, 1.165) is 38.8 Å². The fourth-order valence-electron chi connectivity index (χ4n) is 3.19. The highest BCUT2D eigenvalue weighted by Crippen LogP contribution is 2.24. The van der Waals surface area contributed by atoms with E-state index in [1.165, 1.54) is 38.9 Å².